The van der Waals surface area contributed by atoms with E-state index >= 15 is 0 Å². The number of benzene rings is 2. The molecule has 170 valence electrons. The van der Waals surface area contributed by atoms with Crippen LogP contribution in [-0.4, -0.2) is 33.3 Å². The van der Waals surface area contributed by atoms with Crippen molar-refractivity contribution in [1.82, 2.24) is 15.2 Å². The number of carbonyl (C=O) groups excluding carboxylic acids is 2. The van der Waals surface area contributed by atoms with Crippen LogP contribution in [-0.2, 0) is 9.59 Å². The van der Waals surface area contributed by atoms with Crippen molar-refractivity contribution in [3.8, 4) is 22.9 Å². The molecule has 2 heterocycles. The summed E-state index contributed by atoms with van der Waals surface area (Å²) in [6, 6.07) is 12.8. The lowest BCUT2D eigenvalue weighted by Crippen LogP contribution is -2.37. The molecule has 8 nitrogen and oxygen atoms in total. The highest BCUT2D eigenvalue weighted by Gasteiger charge is 2.37. The molecule has 0 saturated heterocycles. The number of thioether (sulfide) groups is 1. The predicted molar refractivity (Wildman–Crippen MR) is 125 cm³/mol. The van der Waals surface area contributed by atoms with Crippen molar-refractivity contribution < 1.29 is 19.1 Å². The number of hydrogen-bond donors (Lipinski definition) is 0. The third kappa shape index (κ3) is 4.41. The van der Waals surface area contributed by atoms with E-state index in [1.54, 1.807) is 24.8 Å². The first kappa shape index (κ1) is 22.7. The number of nitrogens with zero attached hydrogens (tertiary/aromatic N) is 4. The van der Waals surface area contributed by atoms with Gasteiger partial charge in [-0.25, -0.2) is 0 Å². The molecular formula is C24H24N4O4S. The number of carbonyl (C=O) groups is 2. The zero-order valence-electron chi connectivity index (χ0n) is 18.9. The number of esters is 1. The van der Waals surface area contributed by atoms with Crippen molar-refractivity contribution in [2.75, 3.05) is 11.2 Å². The Morgan fingerprint density at radius 2 is 1.91 bits per heavy atom. The molecule has 1 aliphatic rings. The van der Waals surface area contributed by atoms with Gasteiger partial charge >= 0.3 is 5.97 Å². The largest absolute Gasteiger partial charge is 0.447 e. The topological polar surface area (TPSA) is 94.5 Å². The van der Waals surface area contributed by atoms with Crippen molar-refractivity contribution in [2.45, 2.75) is 45.0 Å². The predicted octanol–water partition coefficient (Wildman–Crippen LogP) is 4.72. The zero-order chi connectivity index (χ0) is 23.5. The Hall–Kier alpha value is -3.46. The average Bonchev–Trinajstić information content (AvgIpc) is 2.98. The number of anilines is 1. The second-order valence-corrected chi connectivity index (χ2v) is 8.20. The molecule has 1 atom stereocenters. The van der Waals surface area contributed by atoms with Crippen LogP contribution in [0.4, 0.5) is 5.69 Å². The summed E-state index contributed by atoms with van der Waals surface area (Å²) in [7, 11) is 0. The monoisotopic (exact) mass is 464 g/mol. The molecule has 0 spiro atoms. The molecule has 9 heteroatoms. The lowest BCUT2D eigenvalue weighted by Gasteiger charge is -2.31. The van der Waals surface area contributed by atoms with Gasteiger partial charge in [-0.2, -0.15) is 4.98 Å². The number of rotatable bonds is 5. The lowest BCUT2D eigenvalue weighted by molar-refractivity contribution is -0.134. The van der Waals surface area contributed by atoms with Crippen LogP contribution in [0.3, 0.4) is 0 Å². The van der Waals surface area contributed by atoms with Crippen LogP contribution in [0.15, 0.2) is 47.6 Å². The van der Waals surface area contributed by atoms with Gasteiger partial charge in [0.2, 0.25) is 23.2 Å². The normalized spacial score (nSPS) is 14.5. The van der Waals surface area contributed by atoms with E-state index in [0.29, 0.717) is 33.4 Å². The van der Waals surface area contributed by atoms with E-state index in [1.807, 2.05) is 49.6 Å². The van der Waals surface area contributed by atoms with Crippen molar-refractivity contribution >= 4 is 29.3 Å². The SMILES string of the molecule is CCC(=O)Oc1ccc(C)cc1[C@H]1Oc2nc(SC)nnc2-c2ccccc2N1C(=O)CC. The molecule has 0 N–H and O–H groups in total. The Labute approximate surface area is 196 Å². The van der Waals surface area contributed by atoms with Gasteiger partial charge in [0.15, 0.2) is 5.69 Å². The fraction of sp³-hybridized carbons (Fsp3) is 0.292. The molecule has 0 saturated carbocycles. The number of aromatic nitrogens is 3. The third-order valence-corrected chi connectivity index (χ3v) is 5.75. The molecule has 2 aromatic carbocycles. The van der Waals surface area contributed by atoms with E-state index in [-0.39, 0.29) is 30.6 Å². The Morgan fingerprint density at radius 3 is 2.64 bits per heavy atom. The van der Waals surface area contributed by atoms with Crippen LogP contribution in [0, 0.1) is 6.92 Å². The molecule has 0 unspecified atom stereocenters. The second-order valence-electron chi connectivity index (χ2n) is 7.43. The zero-order valence-corrected chi connectivity index (χ0v) is 19.7. The minimum Gasteiger partial charge on any atom is -0.447 e. The fourth-order valence-electron chi connectivity index (χ4n) is 3.59. The van der Waals surface area contributed by atoms with Crippen molar-refractivity contribution in [2.24, 2.45) is 0 Å². The van der Waals surface area contributed by atoms with Crippen molar-refractivity contribution in [3.63, 3.8) is 0 Å². The highest BCUT2D eigenvalue weighted by molar-refractivity contribution is 7.98. The van der Waals surface area contributed by atoms with E-state index < -0.39 is 6.23 Å². The highest BCUT2D eigenvalue weighted by atomic mass is 32.2. The van der Waals surface area contributed by atoms with Gasteiger partial charge in [-0.05, 0) is 31.4 Å². The van der Waals surface area contributed by atoms with Crippen LogP contribution in [0.5, 0.6) is 11.6 Å². The number of ether oxygens (including phenoxy) is 2. The molecular weight excluding hydrogens is 440 g/mol. The highest BCUT2D eigenvalue weighted by Crippen LogP contribution is 2.45. The van der Waals surface area contributed by atoms with Gasteiger partial charge in [-0.1, -0.05) is 55.4 Å². The van der Waals surface area contributed by atoms with Crippen LogP contribution < -0.4 is 14.4 Å². The maximum atomic E-state index is 13.3. The van der Waals surface area contributed by atoms with Crippen molar-refractivity contribution in [1.29, 1.82) is 0 Å². The molecule has 1 aromatic heterocycles. The number of amides is 1. The van der Waals surface area contributed by atoms with Crippen molar-refractivity contribution in [3.05, 3.63) is 53.6 Å². The summed E-state index contributed by atoms with van der Waals surface area (Å²) in [5, 5.41) is 8.98. The van der Waals surface area contributed by atoms with Crippen LogP contribution >= 0.6 is 11.8 Å². The van der Waals surface area contributed by atoms with Crippen LogP contribution in [0.2, 0.25) is 0 Å². The molecule has 0 radical (unpaired) electrons. The van der Waals surface area contributed by atoms with Crippen LogP contribution in [0.25, 0.3) is 11.3 Å². The Bertz CT molecular complexity index is 1220. The summed E-state index contributed by atoms with van der Waals surface area (Å²) in [5.74, 6) is 0.0519. The summed E-state index contributed by atoms with van der Waals surface area (Å²) in [4.78, 5) is 31.6. The van der Waals surface area contributed by atoms with E-state index in [2.05, 4.69) is 15.2 Å². The molecule has 33 heavy (non-hydrogen) atoms. The first-order valence-electron chi connectivity index (χ1n) is 10.6. The summed E-state index contributed by atoms with van der Waals surface area (Å²) >= 11 is 1.34. The molecule has 0 bridgehead atoms. The standard InChI is InChI=1S/C24H24N4O4S/c1-5-19(29)28-17-10-8-7-9-15(17)21-22(25-24(33-4)27-26-21)32-23(28)16-13-14(3)11-12-18(16)31-20(30)6-2/h7-13,23H,5-6H2,1-4H3/t23-/m1/s1. The molecule has 1 aliphatic heterocycles. The van der Waals surface area contributed by atoms with E-state index in [0.717, 1.165) is 5.56 Å². The quantitative estimate of drug-likeness (QED) is 0.304. The molecule has 1 amide bonds. The van der Waals surface area contributed by atoms with E-state index in [9.17, 15) is 9.59 Å². The summed E-state index contributed by atoms with van der Waals surface area (Å²) in [5.41, 5.74) is 3.22. The summed E-state index contributed by atoms with van der Waals surface area (Å²) in [6.07, 6.45) is 1.39. The van der Waals surface area contributed by atoms with Gasteiger partial charge in [-0.3, -0.25) is 14.5 Å². The minimum atomic E-state index is -0.925. The summed E-state index contributed by atoms with van der Waals surface area (Å²) < 4.78 is 12.0. The fourth-order valence-corrected chi connectivity index (χ4v) is 3.89. The van der Waals surface area contributed by atoms with Gasteiger partial charge in [0.05, 0.1) is 11.3 Å². The maximum Gasteiger partial charge on any atom is 0.310 e. The number of aryl methyl sites for hydroxylation is 1. The van der Waals surface area contributed by atoms with Gasteiger partial charge in [0.1, 0.15) is 5.75 Å². The van der Waals surface area contributed by atoms with Gasteiger partial charge in [0, 0.05) is 18.4 Å². The van der Waals surface area contributed by atoms with E-state index in [4.69, 9.17) is 9.47 Å². The Morgan fingerprint density at radius 1 is 1.12 bits per heavy atom. The molecule has 3 aromatic rings. The second kappa shape index (κ2) is 9.58. The molecule has 4 rings (SSSR count). The third-order valence-electron chi connectivity index (χ3n) is 5.21. The lowest BCUT2D eigenvalue weighted by atomic mass is 10.1. The van der Waals surface area contributed by atoms with Crippen LogP contribution in [0.1, 0.15) is 44.0 Å². The Balaban J connectivity index is 1.98. The molecule has 0 aliphatic carbocycles. The first-order chi connectivity index (χ1) is 16.0. The average molecular weight is 465 g/mol. The van der Waals surface area contributed by atoms with Gasteiger partial charge in [-0.15, -0.1) is 10.2 Å². The number of para-hydroxylation sites is 1. The Kier molecular flexibility index (Phi) is 6.60. The van der Waals surface area contributed by atoms with Gasteiger partial charge in [0.25, 0.3) is 0 Å². The molecule has 0 fully saturated rings. The van der Waals surface area contributed by atoms with E-state index in [1.165, 1.54) is 11.8 Å². The number of fused-ring (bicyclic) bond motifs is 3. The first-order valence-corrected chi connectivity index (χ1v) is 11.9. The summed E-state index contributed by atoms with van der Waals surface area (Å²) in [6.45, 7) is 5.44. The smallest absolute Gasteiger partial charge is 0.310 e. The number of hydrogen-bond acceptors (Lipinski definition) is 8. The maximum absolute atomic E-state index is 13.3. The minimum absolute atomic E-state index is 0.160. The van der Waals surface area contributed by atoms with Gasteiger partial charge < -0.3 is 9.47 Å².